The smallest absolute Gasteiger partial charge is 0.330 e. The number of allylic oxidation sites excluding steroid dienone is 3. The summed E-state index contributed by atoms with van der Waals surface area (Å²) in [5.41, 5.74) is 0.993. The van der Waals surface area contributed by atoms with E-state index in [0.717, 1.165) is 31.3 Å². The van der Waals surface area contributed by atoms with Gasteiger partial charge in [-0.05, 0) is 38.5 Å². The van der Waals surface area contributed by atoms with Crippen molar-refractivity contribution in [2.45, 2.75) is 76.4 Å². The monoisotopic (exact) mass is 453 g/mol. The average Bonchev–Trinajstić information content (AvgIpc) is 3.10. The van der Waals surface area contributed by atoms with Crippen molar-refractivity contribution in [2.75, 3.05) is 26.0 Å². The van der Waals surface area contributed by atoms with Gasteiger partial charge in [0.15, 0.2) is 5.79 Å². The number of hydrogen-bond acceptors (Lipinski definition) is 7. The minimum atomic E-state index is -1.07. The summed E-state index contributed by atoms with van der Waals surface area (Å²) in [4.78, 5) is 26.6. The standard InChI is InChI=1S/C23H35NO6S/c1-16-6-4-5-7-17(2)12-21(26)29-19-13-18(9-8-16)30-23(14-19,28-3)20-15-31-22(27)24(20)10-11-25/h4,6,12,16,18-20,25H,5,7-11,13-15H2,1-3H3/b6-4-,17-12-/t16-,18-,19-,20?,23-/m1/s1. The zero-order chi connectivity index (χ0) is 22.4. The van der Waals surface area contributed by atoms with Crippen LogP contribution in [0.3, 0.4) is 0 Å². The number of carbonyl (C=O) groups excluding carboxylic acids is 2. The maximum Gasteiger partial charge on any atom is 0.330 e. The number of β-amino-alcohol motifs (C(OH)–C–C–N with tert-alkyl or cyclic N) is 1. The molecule has 0 radical (unpaired) electrons. The number of methoxy groups -OCH3 is 1. The second-order valence-electron chi connectivity index (χ2n) is 8.78. The molecule has 8 heteroatoms. The van der Waals surface area contributed by atoms with Crippen LogP contribution in [0, 0.1) is 5.92 Å². The lowest BCUT2D eigenvalue weighted by molar-refractivity contribution is -0.305. The Morgan fingerprint density at radius 3 is 2.87 bits per heavy atom. The van der Waals surface area contributed by atoms with E-state index in [0.29, 0.717) is 24.5 Å². The van der Waals surface area contributed by atoms with E-state index in [-0.39, 0.29) is 42.6 Å². The van der Waals surface area contributed by atoms with Gasteiger partial charge in [-0.3, -0.25) is 4.79 Å². The number of rotatable bonds is 4. The molecule has 3 aliphatic heterocycles. The number of amides is 1. The zero-order valence-corrected chi connectivity index (χ0v) is 19.6. The molecule has 2 saturated heterocycles. The fourth-order valence-corrected chi connectivity index (χ4v) is 5.77. The van der Waals surface area contributed by atoms with Gasteiger partial charge in [0.1, 0.15) is 6.10 Å². The summed E-state index contributed by atoms with van der Waals surface area (Å²) in [6, 6.07) is -0.348. The van der Waals surface area contributed by atoms with Crippen LogP contribution in [0.15, 0.2) is 23.8 Å². The topological polar surface area (TPSA) is 85.3 Å². The molecule has 3 aliphatic rings. The summed E-state index contributed by atoms with van der Waals surface area (Å²) in [6.07, 6.45) is 9.94. The SMILES string of the molecule is CO[C@]1(C2CSC(=O)N2CCO)C[C@H]2C[C@@H](CC[C@H](C)/C=C\CC/C(C)=C\C(=O)O2)O1. The van der Waals surface area contributed by atoms with Gasteiger partial charge in [0.2, 0.25) is 0 Å². The highest BCUT2D eigenvalue weighted by Crippen LogP contribution is 2.42. The molecule has 0 aromatic rings. The van der Waals surface area contributed by atoms with E-state index >= 15 is 0 Å². The van der Waals surface area contributed by atoms with E-state index in [2.05, 4.69) is 19.1 Å². The molecule has 174 valence electrons. The highest BCUT2D eigenvalue weighted by molar-refractivity contribution is 8.13. The zero-order valence-electron chi connectivity index (χ0n) is 18.7. The molecular formula is C23H35NO6S. The van der Waals surface area contributed by atoms with Crippen molar-refractivity contribution in [1.29, 1.82) is 0 Å². The van der Waals surface area contributed by atoms with E-state index in [1.165, 1.54) is 11.8 Å². The lowest BCUT2D eigenvalue weighted by atomic mass is 9.89. The fraction of sp³-hybridized carbons (Fsp3) is 0.739. The van der Waals surface area contributed by atoms with Crippen LogP contribution in [0.25, 0.3) is 0 Å². The number of hydrogen-bond donors (Lipinski definition) is 1. The Morgan fingerprint density at radius 1 is 1.32 bits per heavy atom. The first kappa shape index (κ1) is 24.3. The van der Waals surface area contributed by atoms with Crippen molar-refractivity contribution in [3.8, 4) is 0 Å². The van der Waals surface area contributed by atoms with Gasteiger partial charge in [0, 0.05) is 38.3 Å². The number of aliphatic hydroxyl groups excluding tert-OH is 1. The Hall–Kier alpha value is -1.35. The molecule has 31 heavy (non-hydrogen) atoms. The summed E-state index contributed by atoms with van der Waals surface area (Å²) in [5, 5.41) is 9.37. The van der Waals surface area contributed by atoms with Crippen molar-refractivity contribution in [1.82, 2.24) is 4.90 Å². The number of fused-ring (bicyclic) bond motifs is 2. The molecule has 1 amide bonds. The Morgan fingerprint density at radius 2 is 2.13 bits per heavy atom. The highest BCUT2D eigenvalue weighted by atomic mass is 32.2. The van der Waals surface area contributed by atoms with Gasteiger partial charge in [-0.25, -0.2) is 4.79 Å². The predicted octanol–water partition coefficient (Wildman–Crippen LogP) is 3.66. The Kier molecular flexibility index (Phi) is 8.61. The lowest BCUT2D eigenvalue weighted by Gasteiger charge is -2.48. The second-order valence-corrected chi connectivity index (χ2v) is 9.75. The second kappa shape index (κ2) is 11.0. The van der Waals surface area contributed by atoms with Crippen molar-refractivity contribution in [2.24, 2.45) is 5.92 Å². The Balaban J connectivity index is 1.87. The third-order valence-corrected chi connectivity index (χ3v) is 7.30. The number of thioether (sulfide) groups is 1. The fourth-order valence-electron chi connectivity index (χ4n) is 4.65. The predicted molar refractivity (Wildman–Crippen MR) is 120 cm³/mol. The van der Waals surface area contributed by atoms with Crippen LogP contribution in [0.4, 0.5) is 4.79 Å². The van der Waals surface area contributed by atoms with Crippen LogP contribution in [0.2, 0.25) is 0 Å². The number of nitrogens with zero attached hydrogens (tertiary/aromatic N) is 1. The molecule has 0 aromatic heterocycles. The molecule has 1 unspecified atom stereocenters. The molecule has 2 fully saturated rings. The molecule has 5 atom stereocenters. The van der Waals surface area contributed by atoms with Gasteiger partial charge in [0.25, 0.3) is 5.24 Å². The molecule has 0 aromatic carbocycles. The van der Waals surface area contributed by atoms with E-state index in [1.807, 2.05) is 6.92 Å². The maximum absolute atomic E-state index is 12.6. The number of esters is 1. The molecule has 0 saturated carbocycles. The first-order chi connectivity index (χ1) is 14.9. The number of aliphatic hydroxyl groups is 1. The van der Waals surface area contributed by atoms with Crippen molar-refractivity contribution in [3.63, 3.8) is 0 Å². The first-order valence-corrected chi connectivity index (χ1v) is 12.2. The van der Waals surface area contributed by atoms with E-state index in [4.69, 9.17) is 14.2 Å². The normalized spacial score (nSPS) is 38.2. The van der Waals surface area contributed by atoms with Crippen LogP contribution in [0.1, 0.15) is 52.4 Å². The average molecular weight is 454 g/mol. The Labute approximate surface area is 189 Å². The van der Waals surface area contributed by atoms with Crippen LogP contribution in [0.5, 0.6) is 0 Å². The van der Waals surface area contributed by atoms with Gasteiger partial charge in [-0.1, -0.05) is 36.4 Å². The van der Waals surface area contributed by atoms with E-state index in [9.17, 15) is 14.7 Å². The van der Waals surface area contributed by atoms with Gasteiger partial charge >= 0.3 is 5.97 Å². The van der Waals surface area contributed by atoms with Gasteiger partial charge < -0.3 is 24.2 Å². The molecule has 0 spiro atoms. The summed E-state index contributed by atoms with van der Waals surface area (Å²) in [7, 11) is 1.58. The van der Waals surface area contributed by atoms with Gasteiger partial charge in [-0.2, -0.15) is 0 Å². The van der Waals surface area contributed by atoms with Crippen LogP contribution in [-0.4, -0.2) is 71.3 Å². The highest BCUT2D eigenvalue weighted by Gasteiger charge is 2.54. The van der Waals surface area contributed by atoms with Crippen LogP contribution >= 0.6 is 11.8 Å². The van der Waals surface area contributed by atoms with Crippen molar-refractivity contribution in [3.05, 3.63) is 23.8 Å². The molecule has 7 nitrogen and oxygen atoms in total. The third-order valence-electron chi connectivity index (χ3n) is 6.33. The summed E-state index contributed by atoms with van der Waals surface area (Å²) < 4.78 is 18.3. The molecule has 3 heterocycles. The molecule has 2 bridgehead atoms. The minimum Gasteiger partial charge on any atom is -0.459 e. The van der Waals surface area contributed by atoms with Crippen molar-refractivity contribution < 1.29 is 28.9 Å². The van der Waals surface area contributed by atoms with Crippen molar-refractivity contribution >= 4 is 23.0 Å². The third kappa shape index (κ3) is 6.12. The lowest BCUT2D eigenvalue weighted by Crippen LogP contribution is -2.61. The largest absolute Gasteiger partial charge is 0.459 e. The molecule has 3 rings (SSSR count). The Bertz CT molecular complexity index is 710. The van der Waals surface area contributed by atoms with E-state index in [1.54, 1.807) is 18.1 Å². The first-order valence-electron chi connectivity index (χ1n) is 11.2. The van der Waals surface area contributed by atoms with Gasteiger partial charge in [-0.15, -0.1) is 0 Å². The summed E-state index contributed by atoms with van der Waals surface area (Å²) >= 11 is 1.21. The number of carbonyl (C=O) groups is 2. The number of ether oxygens (including phenoxy) is 3. The summed E-state index contributed by atoms with van der Waals surface area (Å²) in [5.74, 6) is -0.480. The van der Waals surface area contributed by atoms with Gasteiger partial charge in [0.05, 0.1) is 18.8 Å². The molecule has 1 N–H and O–H groups in total. The molecule has 0 aliphatic carbocycles. The minimum absolute atomic E-state index is 0.0887. The molecular weight excluding hydrogens is 418 g/mol. The van der Waals surface area contributed by atoms with Crippen LogP contribution < -0.4 is 0 Å². The van der Waals surface area contributed by atoms with E-state index < -0.39 is 5.79 Å². The quantitative estimate of drug-likeness (QED) is 0.513. The maximum atomic E-state index is 12.6. The summed E-state index contributed by atoms with van der Waals surface area (Å²) in [6.45, 7) is 4.25. The van der Waals surface area contributed by atoms with Crippen LogP contribution in [-0.2, 0) is 19.0 Å².